The first-order chi connectivity index (χ1) is 50.6. The number of ether oxygens (including phenoxy) is 1. The first-order valence-electron chi connectivity index (χ1n) is 35.2. The monoisotopic (exact) mass is 1670 g/mol. The zero-order valence-corrected chi connectivity index (χ0v) is 65.4. The van der Waals surface area contributed by atoms with Crippen molar-refractivity contribution in [2.75, 3.05) is 57.8 Å². The third-order valence-electron chi connectivity index (χ3n) is 16.9. The fourth-order valence-corrected chi connectivity index (χ4v) is 11.8. The molecule has 108 heavy (non-hydrogen) atoms. The van der Waals surface area contributed by atoms with Crippen LogP contribution in [0.2, 0.25) is 0 Å². The van der Waals surface area contributed by atoms with Crippen LogP contribution in [0.1, 0.15) is 136 Å². The molecule has 0 aliphatic rings. The van der Waals surface area contributed by atoms with Gasteiger partial charge in [-0.25, -0.2) is 4.98 Å². The summed E-state index contributed by atoms with van der Waals surface area (Å²) in [7, 11) is 0. The number of nitrogens with two attached hydrogens (primary N) is 1. The average molecular weight is 1670 g/mol. The number of aromatic amines is 2. The van der Waals surface area contributed by atoms with Crippen LogP contribution in [0.3, 0.4) is 0 Å². The Labute approximate surface area is 653 Å². The molecule has 5 aromatic rings. The standard InChI is InChI=1S/C73H102N14O12.CH4.HN4.2O.2Tc/c1-45(2)29-51(30-46(3)4)33-64(90)61(36-56-41-79-44-82-56)84-67(93)24-22-62(88)70(47(5)6)87-71(96)48(7)31-63(89)60(34-53-40-80-58-16-12-11-15-57(53)58)86-73(98)52(19-23-66(76)92)35-65(91)59(32-49-13-9-8-10-14-49)85-69(95)43-99-42-68(94)83-55-20-17-50(18-21-55)37-81-72(97)54(38-77-27-25-74)39-78-28-26-75;;1-3-4-2;;;;/h8-18,20-21,40-41,44-48,51-52,54,59-61,70,74-75,80H,19,22-39,42-43H2,1-7H3,(H2,76,92)(H,79,82)(H,81,97)(H,83,94)(H,84,93)(H,85,95)(H,86,98)(H,87,96);1H4;1H;;;;/q-4;;-1;;;;/t48-,52-,59-,60+,61+,70?;;;;;;/m1....../s1/i;;;;;1+1;. The number of ketones is 4. The van der Waals surface area contributed by atoms with Crippen LogP contribution in [0.25, 0.3) is 38.5 Å². The zero-order chi connectivity index (χ0) is 78.5. The molecule has 596 valence electrons. The van der Waals surface area contributed by atoms with Gasteiger partial charge in [-0.15, -0.1) is 13.1 Å². The maximum atomic E-state index is 14.7. The van der Waals surface area contributed by atoms with Gasteiger partial charge in [0.15, 0.2) is 23.1 Å². The summed E-state index contributed by atoms with van der Waals surface area (Å²) in [5, 5.41) is 30.2. The number of carbonyl (C=O) groups excluding carboxylic acids is 11. The van der Waals surface area contributed by atoms with E-state index in [0.29, 0.717) is 47.4 Å². The molecule has 0 spiro atoms. The number of benzene rings is 3. The summed E-state index contributed by atoms with van der Waals surface area (Å²) in [6, 6.07) is 18.3. The third-order valence-corrected chi connectivity index (χ3v) is 16.9. The average Bonchev–Trinajstić information content (AvgIpc) is 1.66. The first kappa shape index (κ1) is 97.3. The van der Waals surface area contributed by atoms with E-state index in [-0.39, 0.29) is 129 Å². The Bertz CT molecular complexity index is 3610. The quantitative estimate of drug-likeness (QED) is 0.00986. The molecule has 7 amide bonds. The van der Waals surface area contributed by atoms with Crippen molar-refractivity contribution in [3.05, 3.63) is 148 Å². The van der Waals surface area contributed by atoms with Crippen LogP contribution in [-0.4, -0.2) is 156 Å². The second kappa shape index (κ2) is 54.8. The van der Waals surface area contributed by atoms with E-state index in [4.69, 9.17) is 40.0 Å². The Kier molecular flexibility index (Phi) is 49.4. The molecule has 1 unspecified atom stereocenters. The van der Waals surface area contributed by atoms with Crippen molar-refractivity contribution < 1.29 is 102 Å². The van der Waals surface area contributed by atoms with Gasteiger partial charge < -0.3 is 80.0 Å². The van der Waals surface area contributed by atoms with Crippen LogP contribution >= 0.6 is 0 Å². The van der Waals surface area contributed by atoms with E-state index in [1.165, 1.54) is 13.3 Å². The summed E-state index contributed by atoms with van der Waals surface area (Å²) in [5.74, 6) is -8.36. The first-order valence-corrected chi connectivity index (χ1v) is 36.7. The Hall–Kier alpha value is -8.72. The number of aromatic nitrogens is 3. The van der Waals surface area contributed by atoms with Gasteiger partial charge >= 0.3 is 24.6 Å². The Morgan fingerprint density at radius 2 is 1.20 bits per heavy atom. The van der Waals surface area contributed by atoms with E-state index < -0.39 is 144 Å². The fraction of sp³-hybridized carbons (Fsp3) is 0.541. The van der Waals surface area contributed by atoms with Gasteiger partial charge in [0.2, 0.25) is 41.4 Å². The molecular formula is C74H107N18O14Tc2-5. The topological polar surface area (TPSA) is 520 Å². The number of nitrogens with zero attached hydrogens (tertiary/aromatic N) is 6. The number of nitrogens with one attached hydrogen (secondary N) is 11. The number of para-hydroxylation sites is 1. The molecule has 3 aromatic carbocycles. The number of carbonyl (C=O) groups is 11. The van der Waals surface area contributed by atoms with E-state index in [2.05, 4.69) is 90.4 Å². The predicted molar refractivity (Wildman–Crippen MR) is 398 cm³/mol. The van der Waals surface area contributed by atoms with E-state index >= 15 is 0 Å². The number of anilines is 1. The second-order valence-corrected chi connectivity index (χ2v) is 27.2. The molecular weight excluding hydrogens is 1560 g/mol. The van der Waals surface area contributed by atoms with Crippen molar-refractivity contribution in [3.63, 3.8) is 0 Å². The number of H-pyrrole nitrogens is 2. The summed E-state index contributed by atoms with van der Waals surface area (Å²) in [6.07, 6.45) is 4.94. The molecule has 2 aromatic heterocycles. The number of hydrogen-bond donors (Lipinski definition) is 10. The summed E-state index contributed by atoms with van der Waals surface area (Å²) < 4.78 is 22.4. The third kappa shape index (κ3) is 38.9. The van der Waals surface area contributed by atoms with Gasteiger partial charge in [-0.2, -0.15) is 26.2 Å². The molecule has 0 saturated heterocycles. The van der Waals surface area contributed by atoms with Crippen LogP contribution in [0, 0.1) is 47.0 Å². The van der Waals surface area contributed by atoms with Gasteiger partial charge in [0.1, 0.15) is 13.2 Å². The van der Waals surface area contributed by atoms with Crippen molar-refractivity contribution in [2.45, 2.75) is 164 Å². The number of imidazole rings is 1. The number of amides is 7. The van der Waals surface area contributed by atoms with Gasteiger partial charge in [0.25, 0.3) is 0 Å². The number of primary amides is 1. The van der Waals surface area contributed by atoms with Gasteiger partial charge in [-0.1, -0.05) is 117 Å². The zero-order valence-electron chi connectivity index (χ0n) is 61.7. The molecule has 13 N–H and O–H groups in total. The number of hydrogen-bond acceptors (Lipinski definition) is 16. The summed E-state index contributed by atoms with van der Waals surface area (Å²) >= 11 is -1.91. The molecule has 6 atom stereocenters. The van der Waals surface area contributed by atoms with Crippen molar-refractivity contribution in [3.8, 4) is 0 Å². The van der Waals surface area contributed by atoms with Crippen molar-refractivity contribution in [1.29, 1.82) is 5.53 Å². The van der Waals surface area contributed by atoms with Crippen LogP contribution in [0.5, 0.6) is 0 Å². The summed E-state index contributed by atoms with van der Waals surface area (Å²) in [6.45, 7) is 13.7. The molecule has 0 aliphatic heterocycles. The normalized spacial score (nSPS) is 12.5. The molecule has 34 heteroatoms. The summed E-state index contributed by atoms with van der Waals surface area (Å²) in [4.78, 5) is 161. The Morgan fingerprint density at radius 1 is 0.639 bits per heavy atom. The molecule has 2 heterocycles. The molecule has 0 aliphatic carbocycles. The van der Waals surface area contributed by atoms with Crippen molar-refractivity contribution >= 4 is 81.1 Å². The Balaban J connectivity index is 0.00000621. The molecule has 5 rings (SSSR count). The second-order valence-electron chi connectivity index (χ2n) is 26.9. The van der Waals surface area contributed by atoms with E-state index in [0.717, 1.165) is 29.3 Å². The number of rotatable bonds is 50. The minimum atomic E-state index is -1.91. The van der Waals surface area contributed by atoms with E-state index in [1.54, 1.807) is 80.8 Å². The van der Waals surface area contributed by atoms with Gasteiger partial charge in [0, 0.05) is 130 Å². The van der Waals surface area contributed by atoms with Crippen LogP contribution in [0.4, 0.5) is 5.69 Å². The van der Waals surface area contributed by atoms with Gasteiger partial charge in [-0.05, 0) is 84.2 Å². The predicted octanol–water partition coefficient (Wildman–Crippen LogP) is 9.05. The molecule has 0 bridgehead atoms. The van der Waals surface area contributed by atoms with Gasteiger partial charge in [0.05, 0.1) is 30.5 Å². The molecule has 0 fully saturated rings. The van der Waals surface area contributed by atoms with Gasteiger partial charge in [-0.3, -0.25) is 68.7 Å². The number of fused-ring (bicyclic) bond motifs is 1. The summed E-state index contributed by atoms with van der Waals surface area (Å²) in [5.41, 5.74) is 36.9. The SMILES string of the molecule is C.CC(C)CC(CC(=O)[C@H](Cc1cnc[nH]1)NC(=O)CCC(=O)C(NC(=O)[C@H](C)CC(=O)[C@H](Cc1c[nH]c2ccccc12)NC(=O)[C@H](CCC(N)=O)CC(=O)[C@@H](Cc1ccccc1)NC(=O)COCC(=O)Nc1ccc(CNC(=O)C(C[N-]CC[NH-])C[N-]CC[NH-])cc1)C(C)C)CC(C)C.[99Tc].[N-]=NN=N.[O]=[Tc]=[O]. The van der Waals surface area contributed by atoms with Crippen LogP contribution in [0.15, 0.2) is 108 Å². The van der Waals surface area contributed by atoms with Crippen molar-refractivity contribution in [2.24, 2.45) is 57.6 Å². The van der Waals surface area contributed by atoms with Crippen LogP contribution in [-0.2, 0) is 128 Å². The minimum absolute atomic E-state index is 0. The molecule has 1 radical (unpaired) electrons. The molecule has 32 nitrogen and oxygen atoms in total. The van der Waals surface area contributed by atoms with Crippen LogP contribution < -0.4 is 37.6 Å². The Morgan fingerprint density at radius 3 is 1.78 bits per heavy atom. The van der Waals surface area contributed by atoms with E-state index in [1.807, 2.05) is 29.5 Å². The van der Waals surface area contributed by atoms with Crippen molar-refractivity contribution in [1.82, 2.24) is 41.5 Å². The maximum absolute atomic E-state index is 14.7. The fourth-order valence-electron chi connectivity index (χ4n) is 11.8. The molecule has 0 saturated carbocycles. The van der Waals surface area contributed by atoms with E-state index in [9.17, 15) is 52.7 Å². The number of Topliss-reactive ketones (excluding diaryl/α,β-unsaturated/α-hetero) is 4.